The average Bonchev–Trinajstić information content (AvgIpc) is 2.87. The van der Waals surface area contributed by atoms with Gasteiger partial charge in [-0.3, -0.25) is 9.36 Å². The fourth-order valence-electron chi connectivity index (χ4n) is 1.97. The van der Waals surface area contributed by atoms with Crippen molar-refractivity contribution in [1.82, 2.24) is 9.55 Å². The van der Waals surface area contributed by atoms with Gasteiger partial charge in [-0.15, -0.1) is 23.1 Å². The third kappa shape index (κ3) is 2.05. The molecule has 0 aliphatic carbocycles. The zero-order valence-corrected chi connectivity index (χ0v) is 12.5. The molecule has 3 aromatic rings. The predicted octanol–water partition coefficient (Wildman–Crippen LogP) is 3.83. The molecule has 2 aromatic heterocycles. The number of aromatic amines is 1. The Balaban J connectivity index is 2.43. The maximum Gasteiger partial charge on any atom is 0.276 e. The summed E-state index contributed by atoms with van der Waals surface area (Å²) < 4.78 is 2.70. The van der Waals surface area contributed by atoms with Gasteiger partial charge in [-0.05, 0) is 42.1 Å². The van der Waals surface area contributed by atoms with Gasteiger partial charge in [-0.25, -0.2) is 0 Å². The number of benzene rings is 1. The number of hydrogen-bond acceptors (Lipinski definition) is 4. The van der Waals surface area contributed by atoms with E-state index in [0.717, 1.165) is 16.1 Å². The zero-order valence-electron chi connectivity index (χ0n) is 10.0. The number of rotatable bonds is 2. The Labute approximate surface area is 122 Å². The summed E-state index contributed by atoms with van der Waals surface area (Å²) in [6.45, 7) is 0. The summed E-state index contributed by atoms with van der Waals surface area (Å²) >= 11 is 8.35. The molecular weight excluding hydrogens is 296 g/mol. The molecule has 3 nitrogen and oxygen atoms in total. The number of H-pyrrole nitrogens is 1. The van der Waals surface area contributed by atoms with E-state index >= 15 is 0 Å². The first kappa shape index (κ1) is 12.7. The molecule has 0 unspecified atom stereocenters. The lowest BCUT2D eigenvalue weighted by Crippen LogP contribution is -2.20. The molecule has 6 heteroatoms. The smallest absolute Gasteiger partial charge is 0.276 e. The molecule has 0 amide bonds. The molecule has 0 atom stereocenters. The van der Waals surface area contributed by atoms with Crippen molar-refractivity contribution in [2.45, 2.75) is 4.90 Å². The van der Waals surface area contributed by atoms with Gasteiger partial charge in [0.15, 0.2) is 4.77 Å². The standard InChI is InChI=1S/C13H10N2OS3/c1-18-10-5-3-2-4-9(10)15-12(16)11-8(6-7-19-11)14-13(15)17/h2-7H,1H3,(H,14,17). The van der Waals surface area contributed by atoms with Crippen molar-refractivity contribution in [3.63, 3.8) is 0 Å². The van der Waals surface area contributed by atoms with E-state index < -0.39 is 0 Å². The van der Waals surface area contributed by atoms with Crippen molar-refractivity contribution >= 4 is 45.5 Å². The van der Waals surface area contributed by atoms with Gasteiger partial charge < -0.3 is 4.98 Å². The number of aromatic nitrogens is 2. The second-order valence-electron chi connectivity index (χ2n) is 3.91. The summed E-state index contributed by atoms with van der Waals surface area (Å²) in [5, 5.41) is 1.89. The van der Waals surface area contributed by atoms with Crippen molar-refractivity contribution in [2.24, 2.45) is 0 Å². The molecule has 1 aromatic carbocycles. The molecular formula is C13H10N2OS3. The quantitative estimate of drug-likeness (QED) is 0.577. The van der Waals surface area contributed by atoms with Crippen LogP contribution in [0.1, 0.15) is 0 Å². The Morgan fingerprint density at radius 2 is 2.11 bits per heavy atom. The van der Waals surface area contributed by atoms with Gasteiger partial charge in [0, 0.05) is 4.90 Å². The van der Waals surface area contributed by atoms with Gasteiger partial charge in [-0.2, -0.15) is 0 Å². The molecule has 3 rings (SSSR count). The van der Waals surface area contributed by atoms with Crippen molar-refractivity contribution in [3.05, 3.63) is 50.8 Å². The highest BCUT2D eigenvalue weighted by Crippen LogP contribution is 2.24. The Bertz CT molecular complexity index is 860. The van der Waals surface area contributed by atoms with Crippen LogP contribution in [0.2, 0.25) is 0 Å². The maximum atomic E-state index is 12.6. The molecule has 0 aliphatic heterocycles. The molecule has 0 bridgehead atoms. The number of nitrogens with one attached hydrogen (secondary N) is 1. The minimum absolute atomic E-state index is 0.0600. The van der Waals surface area contributed by atoms with Gasteiger partial charge in [0.2, 0.25) is 0 Å². The molecule has 96 valence electrons. The molecule has 0 saturated heterocycles. The molecule has 0 radical (unpaired) electrons. The normalized spacial score (nSPS) is 11.0. The van der Waals surface area contributed by atoms with E-state index in [1.54, 1.807) is 16.3 Å². The van der Waals surface area contributed by atoms with E-state index in [-0.39, 0.29) is 5.56 Å². The van der Waals surface area contributed by atoms with E-state index in [0.29, 0.717) is 9.47 Å². The highest BCUT2D eigenvalue weighted by Gasteiger charge is 2.11. The molecule has 0 aliphatic rings. The van der Waals surface area contributed by atoms with Crippen LogP contribution in [0.4, 0.5) is 0 Å². The number of nitrogens with zero attached hydrogens (tertiary/aromatic N) is 1. The first-order valence-corrected chi connectivity index (χ1v) is 8.09. The van der Waals surface area contributed by atoms with Gasteiger partial charge in [0.25, 0.3) is 5.56 Å². The highest BCUT2D eigenvalue weighted by molar-refractivity contribution is 7.98. The lowest BCUT2D eigenvalue weighted by Gasteiger charge is -2.10. The largest absolute Gasteiger partial charge is 0.331 e. The van der Waals surface area contributed by atoms with E-state index in [2.05, 4.69) is 4.98 Å². The maximum absolute atomic E-state index is 12.6. The van der Waals surface area contributed by atoms with Crippen LogP contribution < -0.4 is 5.56 Å². The van der Waals surface area contributed by atoms with E-state index in [4.69, 9.17) is 12.2 Å². The van der Waals surface area contributed by atoms with Crippen LogP contribution in [-0.4, -0.2) is 15.8 Å². The minimum atomic E-state index is -0.0600. The van der Waals surface area contributed by atoms with Crippen molar-refractivity contribution in [3.8, 4) is 5.69 Å². The van der Waals surface area contributed by atoms with Gasteiger partial charge in [-0.1, -0.05) is 12.1 Å². The Kier molecular flexibility index (Phi) is 3.30. The third-order valence-electron chi connectivity index (χ3n) is 2.83. The number of thioether (sulfide) groups is 1. The molecule has 0 spiro atoms. The summed E-state index contributed by atoms with van der Waals surface area (Å²) in [6, 6.07) is 9.64. The van der Waals surface area contributed by atoms with E-state index in [1.165, 1.54) is 11.3 Å². The molecule has 1 N–H and O–H groups in total. The molecule has 19 heavy (non-hydrogen) atoms. The Morgan fingerprint density at radius 3 is 2.89 bits per heavy atom. The van der Waals surface area contributed by atoms with Gasteiger partial charge in [0.1, 0.15) is 4.70 Å². The lowest BCUT2D eigenvalue weighted by atomic mass is 10.3. The fourth-order valence-corrected chi connectivity index (χ4v) is 3.62. The summed E-state index contributed by atoms with van der Waals surface area (Å²) in [5.41, 5.74) is 1.57. The van der Waals surface area contributed by atoms with Crippen LogP contribution in [0.25, 0.3) is 15.9 Å². The van der Waals surface area contributed by atoms with Crippen LogP contribution in [0.15, 0.2) is 45.4 Å². The van der Waals surface area contributed by atoms with Gasteiger partial charge >= 0.3 is 0 Å². The number of fused-ring (bicyclic) bond motifs is 1. The second kappa shape index (κ2) is 4.96. The summed E-state index contributed by atoms with van der Waals surface area (Å²) in [4.78, 5) is 16.7. The Hall–Kier alpha value is -1.37. The molecule has 0 fully saturated rings. The van der Waals surface area contributed by atoms with E-state index in [1.807, 2.05) is 42.0 Å². The second-order valence-corrected chi connectivity index (χ2v) is 6.06. The Morgan fingerprint density at radius 1 is 1.32 bits per heavy atom. The molecule has 0 saturated carbocycles. The first-order chi connectivity index (χ1) is 9.22. The van der Waals surface area contributed by atoms with Crippen LogP contribution >= 0.6 is 35.3 Å². The summed E-state index contributed by atoms with van der Waals surface area (Å²) in [6.07, 6.45) is 1.99. The molecule has 2 heterocycles. The van der Waals surface area contributed by atoms with Crippen molar-refractivity contribution < 1.29 is 0 Å². The van der Waals surface area contributed by atoms with Crippen LogP contribution in [-0.2, 0) is 0 Å². The monoisotopic (exact) mass is 306 g/mol. The van der Waals surface area contributed by atoms with Crippen LogP contribution in [0.5, 0.6) is 0 Å². The van der Waals surface area contributed by atoms with Crippen LogP contribution in [0.3, 0.4) is 0 Å². The first-order valence-electron chi connectivity index (χ1n) is 5.58. The fraction of sp³-hybridized carbons (Fsp3) is 0.0769. The zero-order chi connectivity index (χ0) is 13.4. The average molecular weight is 306 g/mol. The minimum Gasteiger partial charge on any atom is -0.331 e. The number of para-hydroxylation sites is 1. The topological polar surface area (TPSA) is 37.8 Å². The number of hydrogen-bond donors (Lipinski definition) is 1. The SMILES string of the molecule is CSc1ccccc1-n1c(=S)[nH]c2ccsc2c1=O. The highest BCUT2D eigenvalue weighted by atomic mass is 32.2. The van der Waals surface area contributed by atoms with Crippen molar-refractivity contribution in [1.29, 1.82) is 0 Å². The van der Waals surface area contributed by atoms with Crippen molar-refractivity contribution in [2.75, 3.05) is 6.26 Å². The van der Waals surface area contributed by atoms with Crippen LogP contribution in [0, 0.1) is 4.77 Å². The predicted molar refractivity (Wildman–Crippen MR) is 84.4 cm³/mol. The van der Waals surface area contributed by atoms with E-state index in [9.17, 15) is 4.79 Å². The van der Waals surface area contributed by atoms with Gasteiger partial charge in [0.05, 0.1) is 11.2 Å². The number of thiophene rings is 1. The third-order valence-corrected chi connectivity index (χ3v) is 4.81. The lowest BCUT2D eigenvalue weighted by molar-refractivity contribution is 0.922. The summed E-state index contributed by atoms with van der Waals surface area (Å²) in [5.74, 6) is 0. The summed E-state index contributed by atoms with van der Waals surface area (Å²) in [7, 11) is 0.